The van der Waals surface area contributed by atoms with E-state index in [9.17, 15) is 9.90 Å². The number of Topliss-reactive ketones (excluding diaryl/α,β-unsaturated/α-hetero) is 1. The second-order valence-corrected chi connectivity index (χ2v) is 7.10. The third-order valence-electron chi connectivity index (χ3n) is 4.92. The second kappa shape index (κ2) is 9.22. The van der Waals surface area contributed by atoms with Gasteiger partial charge in [0, 0.05) is 23.8 Å². The highest BCUT2D eigenvalue weighted by Gasteiger charge is 2.08. The predicted octanol–water partition coefficient (Wildman–Crippen LogP) is 5.53. The van der Waals surface area contributed by atoms with E-state index in [4.69, 9.17) is 0 Å². The number of hydrogen-bond donors (Lipinski definition) is 3. The summed E-state index contributed by atoms with van der Waals surface area (Å²) in [6.45, 7) is 8.49. The Bertz CT molecular complexity index is 992. The quantitative estimate of drug-likeness (QED) is 0.352. The summed E-state index contributed by atoms with van der Waals surface area (Å²) in [5, 5.41) is 16.5. The van der Waals surface area contributed by atoms with Crippen LogP contribution >= 0.6 is 0 Å². The van der Waals surface area contributed by atoms with Crippen LogP contribution in [0.2, 0.25) is 0 Å². The number of ketones is 1. The molecule has 3 aromatic carbocycles. The van der Waals surface area contributed by atoms with Crippen molar-refractivity contribution in [2.24, 2.45) is 0 Å². The van der Waals surface area contributed by atoms with Crippen molar-refractivity contribution in [1.29, 1.82) is 0 Å². The molecule has 0 bridgehead atoms. The molecular formula is C25H26N2O2. The summed E-state index contributed by atoms with van der Waals surface area (Å²) >= 11 is 0. The van der Waals surface area contributed by atoms with E-state index in [-0.39, 0.29) is 17.6 Å². The van der Waals surface area contributed by atoms with E-state index in [2.05, 4.69) is 36.3 Å². The van der Waals surface area contributed by atoms with E-state index < -0.39 is 0 Å². The van der Waals surface area contributed by atoms with Crippen LogP contribution in [0.4, 0.5) is 5.69 Å². The fourth-order valence-electron chi connectivity index (χ4n) is 3.03. The molecule has 0 fully saturated rings. The average Bonchev–Trinajstić information content (AvgIpc) is 2.74. The highest BCUT2D eigenvalue weighted by molar-refractivity contribution is 5.94. The fraction of sp³-hybridized carbons (Fsp3) is 0.160. The Morgan fingerprint density at radius 2 is 1.59 bits per heavy atom. The largest absolute Gasteiger partial charge is 0.506 e. The number of rotatable bonds is 8. The van der Waals surface area contributed by atoms with Gasteiger partial charge in [-0.3, -0.25) is 4.79 Å². The lowest BCUT2D eigenvalue weighted by Gasteiger charge is -2.16. The van der Waals surface area contributed by atoms with Crippen LogP contribution in [0.25, 0.3) is 5.70 Å². The molecule has 0 heterocycles. The Morgan fingerprint density at radius 3 is 2.21 bits per heavy atom. The minimum absolute atomic E-state index is 0.0801. The lowest BCUT2D eigenvalue weighted by atomic mass is 10.0. The molecule has 0 aliphatic rings. The van der Waals surface area contributed by atoms with E-state index in [1.807, 2.05) is 48.5 Å². The first-order valence-corrected chi connectivity index (χ1v) is 9.61. The minimum atomic E-state index is 0.0801. The van der Waals surface area contributed by atoms with Crippen molar-refractivity contribution in [1.82, 2.24) is 5.32 Å². The molecule has 0 saturated heterocycles. The molecule has 0 radical (unpaired) electrons. The van der Waals surface area contributed by atoms with Gasteiger partial charge in [-0.1, -0.05) is 67.2 Å². The third-order valence-corrected chi connectivity index (χ3v) is 4.92. The van der Waals surface area contributed by atoms with Gasteiger partial charge in [0.15, 0.2) is 5.78 Å². The minimum Gasteiger partial charge on any atom is -0.506 e. The normalized spacial score (nSPS) is 11.7. The molecule has 1 unspecified atom stereocenters. The molecule has 0 aliphatic carbocycles. The van der Waals surface area contributed by atoms with Gasteiger partial charge in [0.2, 0.25) is 0 Å². The van der Waals surface area contributed by atoms with Crippen LogP contribution in [-0.2, 0) is 6.54 Å². The SMILES string of the molecule is C=C(Nc1ccccc1O)c1ccc(C(C)NCc2ccc(C(C)=O)cc2)cc1. The lowest BCUT2D eigenvalue weighted by molar-refractivity contribution is 0.101. The number of hydrogen-bond acceptors (Lipinski definition) is 4. The molecule has 3 rings (SSSR count). The fourth-order valence-corrected chi connectivity index (χ4v) is 3.03. The van der Waals surface area contributed by atoms with Gasteiger partial charge in [-0.15, -0.1) is 0 Å². The maximum atomic E-state index is 11.4. The van der Waals surface area contributed by atoms with Gasteiger partial charge in [0.25, 0.3) is 0 Å². The number of phenols is 1. The van der Waals surface area contributed by atoms with Crippen LogP contribution in [0.1, 0.15) is 46.9 Å². The summed E-state index contributed by atoms with van der Waals surface area (Å²) in [6, 6.07) is 23.1. The number of aromatic hydroxyl groups is 1. The number of nitrogens with one attached hydrogen (secondary N) is 2. The van der Waals surface area contributed by atoms with Crippen molar-refractivity contribution in [3.63, 3.8) is 0 Å². The van der Waals surface area contributed by atoms with Gasteiger partial charge >= 0.3 is 0 Å². The zero-order chi connectivity index (χ0) is 20.8. The van der Waals surface area contributed by atoms with Crippen LogP contribution in [-0.4, -0.2) is 10.9 Å². The first kappa shape index (κ1) is 20.4. The van der Waals surface area contributed by atoms with E-state index in [0.29, 0.717) is 5.69 Å². The summed E-state index contributed by atoms with van der Waals surface area (Å²) in [6.07, 6.45) is 0. The van der Waals surface area contributed by atoms with Gasteiger partial charge in [-0.25, -0.2) is 0 Å². The predicted molar refractivity (Wildman–Crippen MR) is 119 cm³/mol. The van der Waals surface area contributed by atoms with Gasteiger partial charge in [0.05, 0.1) is 5.69 Å². The molecule has 3 aromatic rings. The number of phenolic OH excluding ortho intramolecular Hbond substituents is 1. The highest BCUT2D eigenvalue weighted by Crippen LogP contribution is 2.26. The van der Waals surface area contributed by atoms with Crippen molar-refractivity contribution in [2.75, 3.05) is 5.32 Å². The average molecular weight is 386 g/mol. The molecule has 0 amide bonds. The van der Waals surface area contributed by atoms with Crippen LogP contribution in [0.3, 0.4) is 0 Å². The monoisotopic (exact) mass is 386 g/mol. The Hall–Kier alpha value is -3.37. The zero-order valence-corrected chi connectivity index (χ0v) is 16.8. The Morgan fingerprint density at radius 1 is 0.966 bits per heavy atom. The first-order chi connectivity index (χ1) is 13.9. The number of benzene rings is 3. The Labute approximate surface area is 171 Å². The van der Waals surface area contributed by atoms with Crippen LogP contribution in [0.15, 0.2) is 79.4 Å². The van der Waals surface area contributed by atoms with E-state index in [1.54, 1.807) is 19.1 Å². The molecule has 1 atom stereocenters. The van der Waals surface area contributed by atoms with Crippen LogP contribution < -0.4 is 10.6 Å². The third kappa shape index (κ3) is 5.33. The van der Waals surface area contributed by atoms with Gasteiger partial charge < -0.3 is 15.7 Å². The van der Waals surface area contributed by atoms with Crippen molar-refractivity contribution < 1.29 is 9.90 Å². The van der Waals surface area contributed by atoms with Crippen molar-refractivity contribution >= 4 is 17.2 Å². The van der Waals surface area contributed by atoms with Gasteiger partial charge in [-0.2, -0.15) is 0 Å². The Balaban J connectivity index is 1.58. The maximum absolute atomic E-state index is 11.4. The molecule has 0 saturated carbocycles. The standard InChI is InChI=1S/C25H26N2O2/c1-17(26-16-20-8-10-23(11-9-20)19(3)28)21-12-14-22(15-13-21)18(2)27-24-6-4-5-7-25(24)29/h4-15,17,26-27,29H,2,16H2,1,3H3. The van der Waals surface area contributed by atoms with Crippen molar-refractivity contribution in [3.8, 4) is 5.75 Å². The Kier molecular flexibility index (Phi) is 6.47. The smallest absolute Gasteiger partial charge is 0.159 e. The summed E-state index contributed by atoms with van der Waals surface area (Å²) in [4.78, 5) is 11.4. The highest BCUT2D eigenvalue weighted by atomic mass is 16.3. The van der Waals surface area contributed by atoms with Crippen LogP contribution in [0, 0.1) is 0 Å². The first-order valence-electron chi connectivity index (χ1n) is 9.61. The van der Waals surface area contributed by atoms with Crippen LogP contribution in [0.5, 0.6) is 5.75 Å². The summed E-state index contributed by atoms with van der Waals surface area (Å²) in [5.74, 6) is 0.274. The zero-order valence-electron chi connectivity index (χ0n) is 16.8. The number of para-hydroxylation sites is 2. The number of carbonyl (C=O) groups excluding carboxylic acids is 1. The topological polar surface area (TPSA) is 61.4 Å². The van der Waals surface area contributed by atoms with Crippen molar-refractivity contribution in [2.45, 2.75) is 26.4 Å². The van der Waals surface area contributed by atoms with E-state index in [0.717, 1.165) is 28.9 Å². The molecule has 29 heavy (non-hydrogen) atoms. The number of carbonyl (C=O) groups is 1. The lowest BCUT2D eigenvalue weighted by Crippen LogP contribution is -2.18. The summed E-state index contributed by atoms with van der Waals surface area (Å²) in [5.41, 5.74) is 5.36. The van der Waals surface area contributed by atoms with E-state index in [1.165, 1.54) is 5.56 Å². The van der Waals surface area contributed by atoms with Gasteiger partial charge in [0.1, 0.15) is 5.75 Å². The summed E-state index contributed by atoms with van der Waals surface area (Å²) in [7, 11) is 0. The molecule has 0 aromatic heterocycles. The molecule has 0 spiro atoms. The molecule has 0 aliphatic heterocycles. The number of anilines is 1. The molecule has 4 nitrogen and oxygen atoms in total. The second-order valence-electron chi connectivity index (χ2n) is 7.10. The summed E-state index contributed by atoms with van der Waals surface area (Å²) < 4.78 is 0. The molecule has 4 heteroatoms. The van der Waals surface area contributed by atoms with Crippen molar-refractivity contribution in [3.05, 3.63) is 102 Å². The molecular weight excluding hydrogens is 360 g/mol. The molecule has 3 N–H and O–H groups in total. The maximum Gasteiger partial charge on any atom is 0.159 e. The van der Waals surface area contributed by atoms with E-state index >= 15 is 0 Å². The van der Waals surface area contributed by atoms with Gasteiger partial charge in [-0.05, 0) is 42.7 Å². The molecule has 148 valence electrons.